The lowest BCUT2D eigenvalue weighted by molar-refractivity contribution is -0.137. The first kappa shape index (κ1) is 14.2. The van der Waals surface area contributed by atoms with Crippen molar-refractivity contribution in [3.8, 4) is 0 Å². The third-order valence-electron chi connectivity index (χ3n) is 3.55. The van der Waals surface area contributed by atoms with E-state index in [0.717, 1.165) is 32.0 Å². The van der Waals surface area contributed by atoms with Gasteiger partial charge in [0.1, 0.15) is 0 Å². The molecule has 1 aliphatic heterocycles. The Bertz CT molecular complexity index is 411. The second kappa shape index (κ2) is 5.82. The Labute approximate surface area is 111 Å². The van der Waals surface area contributed by atoms with E-state index in [-0.39, 0.29) is 5.69 Å². The van der Waals surface area contributed by atoms with Gasteiger partial charge in [-0.25, -0.2) is 0 Å². The Morgan fingerprint density at radius 3 is 2.68 bits per heavy atom. The summed E-state index contributed by atoms with van der Waals surface area (Å²) < 4.78 is 38.8. The standard InChI is InChI=1S/C14H19F3N2/c1-19(10-11-5-4-8-18-9-11)13-7-3-2-6-12(13)14(15,16)17/h2-3,6-7,11,18H,4-5,8-10H2,1H3. The van der Waals surface area contributed by atoms with Gasteiger partial charge in [0.25, 0.3) is 0 Å². The van der Waals surface area contributed by atoms with Crippen molar-refractivity contribution in [3.05, 3.63) is 29.8 Å². The lowest BCUT2D eigenvalue weighted by atomic mass is 9.98. The summed E-state index contributed by atoms with van der Waals surface area (Å²) in [7, 11) is 1.74. The molecule has 0 amide bonds. The zero-order chi connectivity index (χ0) is 13.9. The highest BCUT2D eigenvalue weighted by Gasteiger charge is 2.34. The smallest absolute Gasteiger partial charge is 0.374 e. The highest BCUT2D eigenvalue weighted by molar-refractivity contribution is 5.54. The van der Waals surface area contributed by atoms with Gasteiger partial charge >= 0.3 is 6.18 Å². The van der Waals surface area contributed by atoms with Crippen LogP contribution in [0.15, 0.2) is 24.3 Å². The Morgan fingerprint density at radius 1 is 1.32 bits per heavy atom. The molecule has 1 saturated heterocycles. The van der Waals surface area contributed by atoms with Crippen molar-refractivity contribution in [1.82, 2.24) is 5.32 Å². The van der Waals surface area contributed by atoms with E-state index in [1.807, 2.05) is 0 Å². The van der Waals surface area contributed by atoms with Gasteiger partial charge in [-0.05, 0) is 44.0 Å². The number of hydrogen-bond donors (Lipinski definition) is 1. The molecule has 1 heterocycles. The van der Waals surface area contributed by atoms with E-state index in [2.05, 4.69) is 5.32 Å². The average molecular weight is 272 g/mol. The minimum absolute atomic E-state index is 0.264. The fourth-order valence-electron chi connectivity index (χ4n) is 2.61. The van der Waals surface area contributed by atoms with Gasteiger partial charge in [0.15, 0.2) is 0 Å². The molecular weight excluding hydrogens is 253 g/mol. The maximum absolute atomic E-state index is 12.9. The van der Waals surface area contributed by atoms with Crippen LogP contribution in [0.25, 0.3) is 0 Å². The Balaban J connectivity index is 2.12. The van der Waals surface area contributed by atoms with E-state index in [0.29, 0.717) is 12.5 Å². The van der Waals surface area contributed by atoms with E-state index in [9.17, 15) is 13.2 Å². The number of alkyl halides is 3. The molecule has 1 atom stereocenters. The second-order valence-electron chi connectivity index (χ2n) is 5.11. The summed E-state index contributed by atoms with van der Waals surface area (Å²) in [6.45, 7) is 2.55. The van der Waals surface area contributed by atoms with E-state index < -0.39 is 11.7 Å². The minimum Gasteiger partial charge on any atom is -0.374 e. The van der Waals surface area contributed by atoms with E-state index in [1.165, 1.54) is 6.07 Å². The van der Waals surface area contributed by atoms with Crippen molar-refractivity contribution in [2.75, 3.05) is 31.6 Å². The summed E-state index contributed by atoms with van der Waals surface area (Å²) in [4.78, 5) is 1.72. The van der Waals surface area contributed by atoms with Gasteiger partial charge in [0.2, 0.25) is 0 Å². The number of nitrogens with zero attached hydrogens (tertiary/aromatic N) is 1. The number of piperidine rings is 1. The molecule has 0 aromatic heterocycles. The van der Waals surface area contributed by atoms with Crippen LogP contribution in [0.4, 0.5) is 18.9 Å². The van der Waals surface area contributed by atoms with Crippen molar-refractivity contribution in [1.29, 1.82) is 0 Å². The van der Waals surface area contributed by atoms with Crippen LogP contribution in [0.2, 0.25) is 0 Å². The van der Waals surface area contributed by atoms with Gasteiger partial charge in [0, 0.05) is 19.3 Å². The zero-order valence-corrected chi connectivity index (χ0v) is 11.0. The molecule has 0 saturated carbocycles. The van der Waals surface area contributed by atoms with Crippen molar-refractivity contribution in [2.45, 2.75) is 19.0 Å². The number of benzene rings is 1. The quantitative estimate of drug-likeness (QED) is 0.909. The molecule has 0 radical (unpaired) electrons. The predicted octanol–water partition coefficient (Wildman–Crippen LogP) is 3.14. The number of anilines is 1. The fraction of sp³-hybridized carbons (Fsp3) is 0.571. The lowest BCUT2D eigenvalue weighted by Crippen LogP contribution is -2.37. The van der Waals surface area contributed by atoms with E-state index in [4.69, 9.17) is 0 Å². The summed E-state index contributed by atoms with van der Waals surface area (Å²) in [5, 5.41) is 3.29. The van der Waals surface area contributed by atoms with Crippen LogP contribution < -0.4 is 10.2 Å². The average Bonchev–Trinajstić information content (AvgIpc) is 2.39. The van der Waals surface area contributed by atoms with Gasteiger partial charge in [-0.15, -0.1) is 0 Å². The van der Waals surface area contributed by atoms with E-state index >= 15 is 0 Å². The van der Waals surface area contributed by atoms with Gasteiger partial charge in [-0.1, -0.05) is 12.1 Å². The fourth-order valence-corrected chi connectivity index (χ4v) is 2.61. The van der Waals surface area contributed by atoms with Crippen molar-refractivity contribution in [3.63, 3.8) is 0 Å². The minimum atomic E-state index is -4.30. The summed E-state index contributed by atoms with van der Waals surface area (Å²) in [6.07, 6.45) is -2.12. The first-order valence-electron chi connectivity index (χ1n) is 6.56. The molecule has 19 heavy (non-hydrogen) atoms. The molecule has 1 unspecified atom stereocenters. The third-order valence-corrected chi connectivity index (χ3v) is 3.55. The highest BCUT2D eigenvalue weighted by Crippen LogP contribution is 2.36. The number of para-hydroxylation sites is 1. The van der Waals surface area contributed by atoms with Crippen LogP contribution >= 0.6 is 0 Å². The summed E-state index contributed by atoms with van der Waals surface area (Å²) in [5.74, 6) is 0.417. The molecule has 2 nitrogen and oxygen atoms in total. The van der Waals surface area contributed by atoms with Crippen LogP contribution in [-0.2, 0) is 6.18 Å². The van der Waals surface area contributed by atoms with Crippen molar-refractivity contribution in [2.24, 2.45) is 5.92 Å². The maximum atomic E-state index is 12.9. The Hall–Kier alpha value is -1.23. The molecule has 0 bridgehead atoms. The molecular formula is C14H19F3N2. The molecule has 1 fully saturated rings. The van der Waals surface area contributed by atoms with Crippen molar-refractivity contribution < 1.29 is 13.2 Å². The maximum Gasteiger partial charge on any atom is 0.418 e. The summed E-state index contributed by atoms with van der Waals surface area (Å²) >= 11 is 0. The number of nitrogens with one attached hydrogen (secondary N) is 1. The predicted molar refractivity (Wildman–Crippen MR) is 70.3 cm³/mol. The number of hydrogen-bond acceptors (Lipinski definition) is 2. The molecule has 2 rings (SSSR count). The van der Waals surface area contributed by atoms with Gasteiger partial charge in [-0.2, -0.15) is 13.2 Å². The van der Waals surface area contributed by atoms with Gasteiger partial charge < -0.3 is 10.2 Å². The van der Waals surface area contributed by atoms with Crippen LogP contribution in [-0.4, -0.2) is 26.7 Å². The highest BCUT2D eigenvalue weighted by atomic mass is 19.4. The van der Waals surface area contributed by atoms with Crippen LogP contribution in [0, 0.1) is 5.92 Å². The molecule has 1 aromatic rings. The van der Waals surface area contributed by atoms with Crippen molar-refractivity contribution >= 4 is 5.69 Å². The SMILES string of the molecule is CN(CC1CCCNC1)c1ccccc1C(F)(F)F. The molecule has 0 spiro atoms. The Kier molecular flexibility index (Phi) is 4.34. The topological polar surface area (TPSA) is 15.3 Å². The summed E-state index contributed by atoms with van der Waals surface area (Å²) in [6, 6.07) is 5.77. The van der Waals surface area contributed by atoms with Gasteiger partial charge in [-0.3, -0.25) is 0 Å². The molecule has 1 N–H and O–H groups in total. The zero-order valence-electron chi connectivity index (χ0n) is 11.0. The molecule has 5 heteroatoms. The lowest BCUT2D eigenvalue weighted by Gasteiger charge is -2.30. The Morgan fingerprint density at radius 2 is 2.05 bits per heavy atom. The number of rotatable bonds is 3. The number of halogens is 3. The first-order chi connectivity index (χ1) is 8.98. The molecule has 1 aliphatic rings. The second-order valence-corrected chi connectivity index (χ2v) is 5.11. The third kappa shape index (κ3) is 3.62. The molecule has 0 aliphatic carbocycles. The van der Waals surface area contributed by atoms with Crippen LogP contribution in [0.3, 0.4) is 0 Å². The monoisotopic (exact) mass is 272 g/mol. The normalized spacial score (nSPS) is 20.3. The first-order valence-corrected chi connectivity index (χ1v) is 6.56. The van der Waals surface area contributed by atoms with E-state index in [1.54, 1.807) is 24.1 Å². The summed E-state index contributed by atoms with van der Waals surface area (Å²) in [5.41, 5.74) is -0.290. The van der Waals surface area contributed by atoms with Crippen LogP contribution in [0.5, 0.6) is 0 Å². The largest absolute Gasteiger partial charge is 0.418 e. The molecule has 1 aromatic carbocycles. The van der Waals surface area contributed by atoms with Gasteiger partial charge in [0.05, 0.1) is 5.56 Å². The molecule has 106 valence electrons. The van der Waals surface area contributed by atoms with Crippen LogP contribution in [0.1, 0.15) is 18.4 Å².